The van der Waals surface area contributed by atoms with E-state index in [1.54, 1.807) is 38.1 Å². The predicted molar refractivity (Wildman–Crippen MR) is 101 cm³/mol. The molecule has 0 saturated heterocycles. The van der Waals surface area contributed by atoms with Crippen LogP contribution in [-0.2, 0) is 10.0 Å². The molecule has 25 heavy (non-hydrogen) atoms. The van der Waals surface area contributed by atoms with Gasteiger partial charge in [-0.1, -0.05) is 29.3 Å². The summed E-state index contributed by atoms with van der Waals surface area (Å²) < 4.78 is 25.9. The highest BCUT2D eigenvalue weighted by Crippen LogP contribution is 2.29. The van der Waals surface area contributed by atoms with Crippen molar-refractivity contribution >= 4 is 44.8 Å². The Balaban J connectivity index is 2.48. The number of nitrogens with zero attached hydrogens (tertiary/aromatic N) is 1. The average Bonchev–Trinajstić information content (AvgIpc) is 2.53. The zero-order valence-electron chi connectivity index (χ0n) is 14.2. The maximum atomic E-state index is 12.5. The van der Waals surface area contributed by atoms with Gasteiger partial charge in [-0.25, -0.2) is 12.7 Å². The van der Waals surface area contributed by atoms with Crippen LogP contribution < -0.4 is 5.32 Å². The van der Waals surface area contributed by atoms with Gasteiger partial charge in [0.2, 0.25) is 10.0 Å². The van der Waals surface area contributed by atoms with Crippen LogP contribution >= 0.6 is 23.2 Å². The van der Waals surface area contributed by atoms with Crippen molar-refractivity contribution in [3.05, 3.63) is 57.1 Å². The van der Waals surface area contributed by atoms with E-state index in [1.165, 1.54) is 20.2 Å². The van der Waals surface area contributed by atoms with Gasteiger partial charge >= 0.3 is 0 Å². The van der Waals surface area contributed by atoms with Crippen molar-refractivity contribution < 1.29 is 13.2 Å². The van der Waals surface area contributed by atoms with Gasteiger partial charge in [0.25, 0.3) is 5.91 Å². The first-order valence-electron chi connectivity index (χ1n) is 7.35. The molecule has 0 aromatic heterocycles. The van der Waals surface area contributed by atoms with E-state index < -0.39 is 15.9 Å². The topological polar surface area (TPSA) is 66.5 Å². The Hall–Kier alpha value is -1.60. The van der Waals surface area contributed by atoms with E-state index in [1.807, 2.05) is 0 Å². The van der Waals surface area contributed by atoms with Crippen LogP contribution in [0.5, 0.6) is 0 Å². The number of carbonyl (C=O) groups is 1. The SMILES string of the molecule is Cc1cc(S(=O)(=O)N(C)C)cc(NC(=O)c2cccc(Cl)c2Cl)c1C. The molecule has 0 aliphatic heterocycles. The van der Waals surface area contributed by atoms with Crippen molar-refractivity contribution in [2.45, 2.75) is 18.7 Å². The minimum atomic E-state index is -3.62. The van der Waals surface area contributed by atoms with Crippen molar-refractivity contribution in [1.82, 2.24) is 4.31 Å². The van der Waals surface area contributed by atoms with Crippen molar-refractivity contribution in [3.63, 3.8) is 0 Å². The molecule has 1 amide bonds. The van der Waals surface area contributed by atoms with E-state index in [0.717, 1.165) is 15.4 Å². The average molecular weight is 401 g/mol. The maximum absolute atomic E-state index is 12.5. The molecule has 0 unspecified atom stereocenters. The smallest absolute Gasteiger partial charge is 0.257 e. The van der Waals surface area contributed by atoms with Crippen LogP contribution in [0.3, 0.4) is 0 Å². The third-order valence-electron chi connectivity index (χ3n) is 3.86. The molecule has 0 radical (unpaired) electrons. The fourth-order valence-electron chi connectivity index (χ4n) is 2.18. The van der Waals surface area contributed by atoms with E-state index in [0.29, 0.717) is 5.69 Å². The summed E-state index contributed by atoms with van der Waals surface area (Å²) in [5.41, 5.74) is 2.13. The molecule has 0 atom stereocenters. The normalized spacial score (nSPS) is 11.6. The van der Waals surface area contributed by atoms with E-state index in [-0.39, 0.29) is 20.5 Å². The lowest BCUT2D eigenvalue weighted by Crippen LogP contribution is -2.23. The van der Waals surface area contributed by atoms with E-state index in [2.05, 4.69) is 5.32 Å². The summed E-state index contributed by atoms with van der Waals surface area (Å²) >= 11 is 12.0. The minimum absolute atomic E-state index is 0.105. The molecule has 0 spiro atoms. The molecule has 134 valence electrons. The lowest BCUT2D eigenvalue weighted by Gasteiger charge is -2.16. The van der Waals surface area contributed by atoms with Crippen LogP contribution in [0.15, 0.2) is 35.2 Å². The summed E-state index contributed by atoms with van der Waals surface area (Å²) in [6.07, 6.45) is 0. The second-order valence-electron chi connectivity index (χ2n) is 5.76. The fraction of sp³-hybridized carbons (Fsp3) is 0.235. The highest BCUT2D eigenvalue weighted by molar-refractivity contribution is 7.89. The van der Waals surface area contributed by atoms with Crippen molar-refractivity contribution in [1.29, 1.82) is 0 Å². The summed E-state index contributed by atoms with van der Waals surface area (Å²) in [5.74, 6) is -0.464. The second-order valence-corrected chi connectivity index (χ2v) is 8.69. The van der Waals surface area contributed by atoms with E-state index in [9.17, 15) is 13.2 Å². The molecular weight excluding hydrogens is 383 g/mol. The van der Waals surface area contributed by atoms with Crippen molar-refractivity contribution in [3.8, 4) is 0 Å². The standard InChI is InChI=1S/C17H18Cl2N2O3S/c1-10-8-12(25(23,24)21(3)4)9-15(11(10)2)20-17(22)13-6-5-7-14(18)16(13)19/h5-9H,1-4H3,(H,20,22). The predicted octanol–water partition coefficient (Wildman–Crippen LogP) is 4.11. The Bertz CT molecular complexity index is 941. The Morgan fingerprint density at radius 2 is 1.76 bits per heavy atom. The lowest BCUT2D eigenvalue weighted by molar-refractivity contribution is 0.102. The van der Waals surface area contributed by atoms with Gasteiger partial charge in [-0.05, 0) is 49.2 Å². The first kappa shape index (κ1) is 19.7. The van der Waals surface area contributed by atoms with Crippen LogP contribution in [0, 0.1) is 13.8 Å². The Labute approximate surface area is 157 Å². The number of rotatable bonds is 4. The number of carbonyl (C=O) groups excluding carboxylic acids is 1. The molecule has 8 heteroatoms. The third-order valence-corrected chi connectivity index (χ3v) is 6.48. The molecule has 1 N–H and O–H groups in total. The molecule has 5 nitrogen and oxygen atoms in total. The largest absolute Gasteiger partial charge is 0.322 e. The quantitative estimate of drug-likeness (QED) is 0.839. The second kappa shape index (κ2) is 7.33. The van der Waals surface area contributed by atoms with Crippen LogP contribution in [-0.4, -0.2) is 32.7 Å². The number of sulfonamides is 1. The van der Waals surface area contributed by atoms with E-state index >= 15 is 0 Å². The van der Waals surface area contributed by atoms with Gasteiger partial charge in [0, 0.05) is 19.8 Å². The summed E-state index contributed by atoms with van der Waals surface area (Å²) in [6, 6.07) is 7.77. The molecule has 2 aromatic carbocycles. The highest BCUT2D eigenvalue weighted by atomic mass is 35.5. The number of benzene rings is 2. The summed E-state index contributed by atoms with van der Waals surface area (Å²) in [6.45, 7) is 3.59. The number of hydrogen-bond acceptors (Lipinski definition) is 3. The number of amides is 1. The highest BCUT2D eigenvalue weighted by Gasteiger charge is 2.21. The lowest BCUT2D eigenvalue weighted by atomic mass is 10.1. The molecule has 0 aliphatic carbocycles. The van der Waals surface area contributed by atoms with Gasteiger partial charge in [-0.3, -0.25) is 4.79 Å². The fourth-order valence-corrected chi connectivity index (χ4v) is 3.59. The molecule has 0 bridgehead atoms. The van der Waals surface area contributed by atoms with Crippen molar-refractivity contribution in [2.24, 2.45) is 0 Å². The van der Waals surface area contributed by atoms with Crippen molar-refractivity contribution in [2.75, 3.05) is 19.4 Å². The zero-order chi connectivity index (χ0) is 18.9. The molecule has 0 aliphatic rings. The summed E-state index contributed by atoms with van der Waals surface area (Å²) in [4.78, 5) is 12.6. The van der Waals surface area contributed by atoms with Crippen LogP contribution in [0.2, 0.25) is 10.0 Å². The van der Waals surface area contributed by atoms with Crippen LogP contribution in [0.25, 0.3) is 0 Å². The minimum Gasteiger partial charge on any atom is -0.322 e. The maximum Gasteiger partial charge on any atom is 0.257 e. The molecule has 0 fully saturated rings. The van der Waals surface area contributed by atoms with Crippen LogP contribution in [0.1, 0.15) is 21.5 Å². The monoisotopic (exact) mass is 400 g/mol. The first-order chi connectivity index (χ1) is 11.6. The van der Waals surface area contributed by atoms with E-state index in [4.69, 9.17) is 23.2 Å². The molecule has 2 aromatic rings. The summed E-state index contributed by atoms with van der Waals surface area (Å²) in [5, 5.41) is 3.14. The number of aryl methyl sites for hydroxylation is 1. The first-order valence-corrected chi connectivity index (χ1v) is 9.54. The number of nitrogens with one attached hydrogen (secondary N) is 1. The van der Waals surface area contributed by atoms with Gasteiger partial charge in [0.1, 0.15) is 0 Å². The Kier molecular flexibility index (Phi) is 5.79. The molecule has 0 heterocycles. The molecular formula is C17H18Cl2N2O3S. The molecule has 0 saturated carbocycles. The zero-order valence-corrected chi connectivity index (χ0v) is 16.6. The van der Waals surface area contributed by atoms with Gasteiger partial charge < -0.3 is 5.32 Å². The number of hydrogen-bond donors (Lipinski definition) is 1. The number of halogens is 2. The van der Waals surface area contributed by atoms with Gasteiger partial charge in [-0.2, -0.15) is 0 Å². The molecule has 2 rings (SSSR count). The van der Waals surface area contributed by atoms with Gasteiger partial charge in [0.05, 0.1) is 20.5 Å². The van der Waals surface area contributed by atoms with Gasteiger partial charge in [-0.15, -0.1) is 0 Å². The van der Waals surface area contributed by atoms with Gasteiger partial charge in [0.15, 0.2) is 0 Å². The summed E-state index contributed by atoms with van der Waals surface area (Å²) in [7, 11) is -0.713. The Morgan fingerprint density at radius 1 is 1.12 bits per heavy atom. The van der Waals surface area contributed by atoms with Crippen LogP contribution in [0.4, 0.5) is 5.69 Å². The number of anilines is 1. The Morgan fingerprint density at radius 3 is 2.36 bits per heavy atom. The third kappa shape index (κ3) is 3.98.